The molecule has 34 heavy (non-hydrogen) atoms. The SMILES string of the molecule is C=CCOC(=O)OC(=S)[C@H](C(=O)N(C(=O)OCC=C)c1cccc2cccnc12)[C@@H]1CCNC1. The zero-order valence-corrected chi connectivity index (χ0v) is 19.3. The highest BCUT2D eigenvalue weighted by atomic mass is 32.1. The van der Waals surface area contributed by atoms with E-state index in [9.17, 15) is 14.4 Å². The molecular formula is C24H25N3O6S. The van der Waals surface area contributed by atoms with Crippen molar-refractivity contribution in [1.29, 1.82) is 0 Å². The molecule has 1 aliphatic rings. The number of fused-ring (bicyclic) bond motifs is 1. The topological polar surface area (TPSA) is 107 Å². The minimum Gasteiger partial charge on any atom is -0.445 e. The molecule has 0 saturated carbocycles. The Kier molecular flexibility index (Phi) is 8.83. The second-order valence-electron chi connectivity index (χ2n) is 7.39. The van der Waals surface area contributed by atoms with Gasteiger partial charge in [-0.05, 0) is 49.8 Å². The first-order chi connectivity index (χ1) is 16.5. The van der Waals surface area contributed by atoms with Gasteiger partial charge in [0.1, 0.15) is 19.1 Å². The van der Waals surface area contributed by atoms with Crippen molar-refractivity contribution in [2.24, 2.45) is 11.8 Å². The van der Waals surface area contributed by atoms with Crippen molar-refractivity contribution >= 4 is 52.0 Å². The van der Waals surface area contributed by atoms with Crippen LogP contribution >= 0.6 is 12.2 Å². The Morgan fingerprint density at radius 2 is 1.91 bits per heavy atom. The molecule has 10 heteroatoms. The highest BCUT2D eigenvalue weighted by Gasteiger charge is 2.42. The van der Waals surface area contributed by atoms with Crippen LogP contribution in [0.3, 0.4) is 0 Å². The lowest BCUT2D eigenvalue weighted by molar-refractivity contribution is -0.121. The maximum atomic E-state index is 13.9. The maximum absolute atomic E-state index is 13.9. The first-order valence-electron chi connectivity index (χ1n) is 10.6. The standard InChI is InChI=1S/C24H25N3O6S/c1-3-13-31-23(29)27(18-9-5-7-16-8-6-11-26-20(16)18)21(28)19(17-10-12-25-15-17)22(34)33-24(30)32-14-4-2/h3-9,11,17,19,25H,1-2,10,12-15H2/t17-,19+/m1/s1. The summed E-state index contributed by atoms with van der Waals surface area (Å²) in [6, 6.07) is 8.67. The molecule has 1 fully saturated rings. The molecule has 0 aliphatic carbocycles. The maximum Gasteiger partial charge on any atom is 0.514 e. The van der Waals surface area contributed by atoms with E-state index in [2.05, 4.69) is 23.5 Å². The third kappa shape index (κ3) is 5.83. The summed E-state index contributed by atoms with van der Waals surface area (Å²) < 4.78 is 15.2. The lowest BCUT2D eigenvalue weighted by atomic mass is 9.90. The normalized spacial score (nSPS) is 15.7. The summed E-state index contributed by atoms with van der Waals surface area (Å²) in [6.07, 6.45) is 2.94. The van der Waals surface area contributed by atoms with Gasteiger partial charge in [-0.25, -0.2) is 14.5 Å². The van der Waals surface area contributed by atoms with E-state index in [1.165, 1.54) is 12.2 Å². The molecule has 2 atom stereocenters. The van der Waals surface area contributed by atoms with Crippen LogP contribution < -0.4 is 10.2 Å². The van der Waals surface area contributed by atoms with E-state index in [0.717, 1.165) is 10.3 Å². The van der Waals surface area contributed by atoms with Crippen LogP contribution in [0.5, 0.6) is 0 Å². The Balaban J connectivity index is 2.02. The number of thiocarbonyl (C=S) groups is 1. The number of rotatable bonds is 8. The first-order valence-corrected chi connectivity index (χ1v) is 11.0. The third-order valence-corrected chi connectivity index (χ3v) is 5.51. The Morgan fingerprint density at radius 3 is 2.62 bits per heavy atom. The van der Waals surface area contributed by atoms with Crippen LogP contribution in [0.15, 0.2) is 61.8 Å². The van der Waals surface area contributed by atoms with Gasteiger partial charge in [0.25, 0.3) is 0 Å². The number of hydrogen-bond donors (Lipinski definition) is 1. The Morgan fingerprint density at radius 1 is 1.18 bits per heavy atom. The number of imide groups is 1. The van der Waals surface area contributed by atoms with E-state index in [1.54, 1.807) is 24.4 Å². The smallest absolute Gasteiger partial charge is 0.445 e. The quantitative estimate of drug-likeness (QED) is 0.341. The fraction of sp³-hybridized carbons (Fsp3) is 0.292. The van der Waals surface area contributed by atoms with Gasteiger partial charge in [0.2, 0.25) is 5.91 Å². The lowest BCUT2D eigenvalue weighted by Crippen LogP contribution is -2.47. The summed E-state index contributed by atoms with van der Waals surface area (Å²) in [6.45, 7) is 7.92. The average Bonchev–Trinajstić information content (AvgIpc) is 3.36. The van der Waals surface area contributed by atoms with Gasteiger partial charge in [-0.3, -0.25) is 9.78 Å². The number of hydrogen-bond acceptors (Lipinski definition) is 9. The van der Waals surface area contributed by atoms with Gasteiger partial charge in [0.15, 0.2) is 5.05 Å². The van der Waals surface area contributed by atoms with E-state index in [1.807, 2.05) is 12.1 Å². The van der Waals surface area contributed by atoms with Crippen molar-refractivity contribution in [2.75, 3.05) is 31.2 Å². The number of ether oxygens (including phenoxy) is 3. The molecule has 0 radical (unpaired) electrons. The number of para-hydroxylation sites is 1. The molecule has 2 aromatic rings. The van der Waals surface area contributed by atoms with Gasteiger partial charge in [-0.15, -0.1) is 0 Å². The molecule has 1 aromatic heterocycles. The van der Waals surface area contributed by atoms with Crippen molar-refractivity contribution in [3.63, 3.8) is 0 Å². The fourth-order valence-corrected chi connectivity index (χ4v) is 4.03. The zero-order valence-electron chi connectivity index (χ0n) is 18.5. The predicted octanol–water partition coefficient (Wildman–Crippen LogP) is 3.78. The molecule has 9 nitrogen and oxygen atoms in total. The van der Waals surface area contributed by atoms with Crippen molar-refractivity contribution in [3.05, 3.63) is 61.8 Å². The first kappa shape index (κ1) is 25.0. The van der Waals surface area contributed by atoms with Crippen molar-refractivity contribution in [3.8, 4) is 0 Å². The fourth-order valence-electron chi connectivity index (χ4n) is 3.67. The van der Waals surface area contributed by atoms with Crippen LogP contribution in [0.2, 0.25) is 0 Å². The number of carbonyl (C=O) groups excluding carboxylic acids is 3. The van der Waals surface area contributed by atoms with Gasteiger partial charge >= 0.3 is 12.2 Å². The summed E-state index contributed by atoms with van der Waals surface area (Å²) in [5, 5.41) is 3.60. The molecule has 1 aliphatic heterocycles. The molecule has 3 rings (SSSR count). The van der Waals surface area contributed by atoms with E-state index in [0.29, 0.717) is 25.0 Å². The second kappa shape index (κ2) is 12.0. The third-order valence-electron chi connectivity index (χ3n) is 5.17. The average molecular weight is 484 g/mol. The van der Waals surface area contributed by atoms with Crippen LogP contribution in [-0.4, -0.2) is 54.5 Å². The summed E-state index contributed by atoms with van der Waals surface area (Å²) >= 11 is 5.35. The summed E-state index contributed by atoms with van der Waals surface area (Å²) in [4.78, 5) is 44.3. The molecular weight excluding hydrogens is 458 g/mol. The Bertz CT molecular complexity index is 1090. The van der Waals surface area contributed by atoms with Crippen LogP contribution in [0.1, 0.15) is 6.42 Å². The summed E-state index contributed by atoms with van der Waals surface area (Å²) in [7, 11) is 0. The number of nitrogens with zero attached hydrogens (tertiary/aromatic N) is 2. The lowest BCUT2D eigenvalue weighted by Gasteiger charge is -2.28. The molecule has 2 heterocycles. The minimum absolute atomic E-state index is 0.0767. The van der Waals surface area contributed by atoms with Crippen LogP contribution in [0, 0.1) is 11.8 Å². The highest BCUT2D eigenvalue weighted by Crippen LogP contribution is 2.31. The van der Waals surface area contributed by atoms with Gasteiger partial charge in [0, 0.05) is 11.6 Å². The number of benzene rings is 1. The van der Waals surface area contributed by atoms with Crippen molar-refractivity contribution in [1.82, 2.24) is 10.3 Å². The van der Waals surface area contributed by atoms with Gasteiger partial charge in [-0.2, -0.15) is 0 Å². The molecule has 0 unspecified atom stereocenters. The number of aromatic nitrogens is 1. The highest BCUT2D eigenvalue weighted by molar-refractivity contribution is 7.80. The summed E-state index contributed by atoms with van der Waals surface area (Å²) in [5.41, 5.74) is 0.652. The Hall–Kier alpha value is -3.63. The zero-order chi connectivity index (χ0) is 24.5. The number of carbonyl (C=O) groups is 3. The van der Waals surface area contributed by atoms with E-state index in [4.69, 9.17) is 26.4 Å². The van der Waals surface area contributed by atoms with Crippen molar-refractivity contribution < 1.29 is 28.6 Å². The summed E-state index contributed by atoms with van der Waals surface area (Å²) in [5.74, 6) is -2.11. The minimum atomic E-state index is -1.10. The largest absolute Gasteiger partial charge is 0.514 e. The van der Waals surface area contributed by atoms with Crippen LogP contribution in [-0.2, 0) is 19.0 Å². The monoisotopic (exact) mass is 483 g/mol. The molecule has 1 aromatic carbocycles. The Labute approximate surface area is 202 Å². The molecule has 1 N–H and O–H groups in total. The number of anilines is 1. The molecule has 0 spiro atoms. The second-order valence-corrected chi connectivity index (χ2v) is 7.80. The molecule has 178 valence electrons. The van der Waals surface area contributed by atoms with Crippen molar-refractivity contribution in [2.45, 2.75) is 6.42 Å². The van der Waals surface area contributed by atoms with E-state index >= 15 is 0 Å². The van der Waals surface area contributed by atoms with Crippen LogP contribution in [0.25, 0.3) is 10.9 Å². The van der Waals surface area contributed by atoms with E-state index < -0.39 is 24.1 Å². The molecule has 0 bridgehead atoms. The van der Waals surface area contributed by atoms with Crippen LogP contribution in [0.4, 0.5) is 15.3 Å². The van der Waals surface area contributed by atoms with Gasteiger partial charge in [0.05, 0.1) is 11.2 Å². The number of pyridine rings is 1. The number of nitrogens with one attached hydrogen (secondary N) is 1. The van der Waals surface area contributed by atoms with Gasteiger partial charge < -0.3 is 19.5 Å². The number of amides is 2. The van der Waals surface area contributed by atoms with E-state index in [-0.39, 0.29) is 29.9 Å². The predicted molar refractivity (Wildman–Crippen MR) is 130 cm³/mol. The van der Waals surface area contributed by atoms with Gasteiger partial charge in [-0.1, -0.05) is 43.5 Å². The molecule has 1 saturated heterocycles. The molecule has 2 amide bonds.